The molecule has 4 aromatic carbocycles. The minimum Gasteiger partial charge on any atom is -0.684 e. The molecule has 0 bridgehead atoms. The topological polar surface area (TPSA) is 342 Å². The summed E-state index contributed by atoms with van der Waals surface area (Å²) < 4.78 is 17.0. The maximum absolute atomic E-state index is 11.9. The normalized spacial score (nSPS) is 16.6. The summed E-state index contributed by atoms with van der Waals surface area (Å²) in [5.41, 5.74) is 0.882. The van der Waals surface area contributed by atoms with Crippen LogP contribution in [-0.4, -0.2) is 152 Å². The second-order valence-electron chi connectivity index (χ2n) is 17.0. The molecule has 0 radical (unpaired) electrons. The molecule has 4 heterocycles. The van der Waals surface area contributed by atoms with Gasteiger partial charge in [0.15, 0.2) is 11.8 Å². The molecule has 4 aromatic rings. The molecule has 0 aliphatic carbocycles. The van der Waals surface area contributed by atoms with Crippen LogP contribution in [0, 0.1) is 24.3 Å². The van der Waals surface area contributed by atoms with E-state index in [-0.39, 0.29) is 174 Å². The standard InChI is InChI=1S/4C12H10ClN2O3.4C2H6O.4W/c13-8-3-1-7(2-4-8)11(17)14-9-5-6-10(16)15-12(9)18;2*13-8-3-1-2-7(6-8)11(17)14-9-4-5-10(16)15-12(9)18;13-8-4-2-1-3-7(8)11(17)14-9-5-6-10(16)15-12(9)18;4*1-3-2;;;;/h1,3-4,9H,5-6H2,(H2,14,15,16,17,18);1,3,6,9H,4-5H2,(H,14,17)(H,15,16,18);1-3,9H,4-5H2,(H2,14,15,16,17,18);1-2,4,9H,5-6H2,(H,14,17)(H,15,16,18);4*1-2H3;;;;/q4*-1;;;;;;;2*+2/p-2. The summed E-state index contributed by atoms with van der Waals surface area (Å²) >= 11 is 23.0. The van der Waals surface area contributed by atoms with Gasteiger partial charge in [-0.05, 0) is 69.7 Å². The first-order chi connectivity index (χ1) is 39.9. The molecule has 0 spiro atoms. The molecule has 4 saturated heterocycles. The zero-order chi connectivity index (χ0) is 63.3. The number of carbonyl (C=O) groups excluding carboxylic acids is 12. The van der Waals surface area contributed by atoms with Crippen LogP contribution in [0.15, 0.2) is 72.8 Å². The zero-order valence-corrected chi connectivity index (χ0v) is 63.2. The summed E-state index contributed by atoms with van der Waals surface area (Å²) in [5, 5.41) is 22.7. The average molecular weight is 1980 g/mol. The van der Waals surface area contributed by atoms with Crippen LogP contribution in [0.2, 0.25) is 20.1 Å². The summed E-state index contributed by atoms with van der Waals surface area (Å²) in [6.45, 7) is 0. The van der Waals surface area contributed by atoms with Gasteiger partial charge in [-0.15, -0.1) is 155 Å². The number of rotatable bonds is 8. The number of nitrogens with zero attached hydrogens (tertiary/aromatic N) is 2. The van der Waals surface area contributed by atoms with E-state index >= 15 is 0 Å². The van der Waals surface area contributed by atoms with Crippen LogP contribution in [-0.2, 0) is 142 Å². The molecule has 12 amide bonds. The van der Waals surface area contributed by atoms with Crippen LogP contribution < -0.4 is 31.9 Å². The predicted octanol–water partition coefficient (Wildman–Crippen LogP) is 5.31. The number of benzene rings is 4. The second kappa shape index (κ2) is 50.8. The van der Waals surface area contributed by atoms with Crippen molar-refractivity contribution in [3.05, 3.63) is 150 Å². The number of amides is 12. The molecule has 476 valence electrons. The van der Waals surface area contributed by atoms with Gasteiger partial charge in [0.25, 0.3) is 0 Å². The van der Waals surface area contributed by atoms with Crippen molar-refractivity contribution in [1.82, 2.24) is 31.9 Å². The van der Waals surface area contributed by atoms with E-state index in [1.807, 2.05) is 0 Å². The van der Waals surface area contributed by atoms with Crippen molar-refractivity contribution < 1.29 is 161 Å². The molecule has 0 aromatic heterocycles. The van der Waals surface area contributed by atoms with Gasteiger partial charge in [-0.2, -0.15) is 0 Å². The van der Waals surface area contributed by atoms with Gasteiger partial charge in [-0.3, -0.25) is 59.6 Å². The quantitative estimate of drug-likeness (QED) is 0.0961. The Hall–Kier alpha value is -4.93. The monoisotopic (exact) mass is 1980 g/mol. The van der Waals surface area contributed by atoms with Crippen molar-refractivity contribution in [2.24, 2.45) is 0 Å². The van der Waals surface area contributed by atoms with Crippen molar-refractivity contribution in [3.63, 3.8) is 0 Å². The predicted molar refractivity (Wildman–Crippen MR) is 308 cm³/mol. The molecule has 4 unspecified atom stereocenters. The van der Waals surface area contributed by atoms with E-state index in [4.69, 9.17) is 46.4 Å². The van der Waals surface area contributed by atoms with Gasteiger partial charge < -0.3 is 59.4 Å². The summed E-state index contributed by atoms with van der Waals surface area (Å²) in [4.78, 5) is 137. The second-order valence-corrected chi connectivity index (χ2v) is 18.7. The average Bonchev–Trinajstić information content (AvgIpc) is 3.31. The van der Waals surface area contributed by atoms with Gasteiger partial charge >= 0.3 is 42.1 Å². The van der Waals surface area contributed by atoms with Gasteiger partial charge in [0.2, 0.25) is 47.3 Å². The number of imide groups is 4. The fraction of sp³-hybridized carbons (Fsp3) is 0.357. The third kappa shape index (κ3) is 36.1. The molecule has 0 saturated carbocycles. The van der Waals surface area contributed by atoms with Gasteiger partial charge in [0, 0.05) is 125 Å². The molecule has 4 atom stereocenters. The number of ether oxygens (including phenoxy) is 4. The number of carbonyl (C=O) groups is 12. The largest absolute Gasteiger partial charge is 2.00 e. The van der Waals surface area contributed by atoms with Crippen molar-refractivity contribution in [3.8, 4) is 0 Å². The molecule has 88 heavy (non-hydrogen) atoms. The van der Waals surface area contributed by atoms with Crippen LogP contribution in [0.3, 0.4) is 0 Å². The van der Waals surface area contributed by atoms with Crippen LogP contribution in [0.4, 0.5) is 0 Å². The Morgan fingerprint density at radius 3 is 1.32 bits per heavy atom. The summed E-state index contributed by atoms with van der Waals surface area (Å²) in [7, 11) is 13.0. The first kappa shape index (κ1) is 89.5. The van der Waals surface area contributed by atoms with E-state index in [1.165, 1.54) is 30.3 Å². The van der Waals surface area contributed by atoms with Crippen molar-refractivity contribution in [2.45, 2.75) is 75.5 Å². The van der Waals surface area contributed by atoms with Gasteiger partial charge in [-0.1, -0.05) is 11.1 Å². The van der Waals surface area contributed by atoms with E-state index in [9.17, 15) is 57.5 Å². The molecule has 4 aliphatic heterocycles. The van der Waals surface area contributed by atoms with E-state index < -0.39 is 71.4 Å². The van der Waals surface area contributed by atoms with Crippen molar-refractivity contribution in [2.75, 3.05) is 56.9 Å². The van der Waals surface area contributed by atoms with Crippen LogP contribution in [0.5, 0.6) is 0 Å². The Morgan fingerprint density at radius 2 is 0.920 bits per heavy atom. The van der Waals surface area contributed by atoms with Crippen molar-refractivity contribution in [1.29, 1.82) is 0 Å². The number of nitrogens with one attached hydrogen (secondary N) is 6. The van der Waals surface area contributed by atoms with E-state index in [2.05, 4.69) is 85.7 Å². The van der Waals surface area contributed by atoms with Crippen molar-refractivity contribution >= 4 is 117 Å². The molecule has 32 heteroatoms. The maximum Gasteiger partial charge on any atom is 2.00 e. The summed E-state index contributed by atoms with van der Waals surface area (Å²) in [6, 6.07) is 26.3. The Kier molecular flexibility index (Phi) is 51.6. The molecule has 4 fully saturated rings. The Morgan fingerprint density at radius 1 is 0.489 bits per heavy atom. The molecule has 4 aliphatic rings. The van der Waals surface area contributed by atoms with Gasteiger partial charge in [0.05, 0.1) is 0 Å². The maximum atomic E-state index is 11.9. The summed E-state index contributed by atoms with van der Waals surface area (Å²) in [6.07, 6.45) is 1.90. The third-order valence-corrected chi connectivity index (χ3v) is 11.1. The number of piperidine rings is 4. The Labute approximate surface area is 587 Å². The van der Waals surface area contributed by atoms with Crippen LogP contribution in [0.25, 0.3) is 10.6 Å². The zero-order valence-electron chi connectivity index (χ0n) is 48.5. The van der Waals surface area contributed by atoms with E-state index in [1.54, 1.807) is 99.3 Å². The Bertz CT molecular complexity index is 2800. The first-order valence-electron chi connectivity index (χ1n) is 24.7. The van der Waals surface area contributed by atoms with Gasteiger partial charge in [0.1, 0.15) is 12.1 Å². The number of hydrogen-bond donors (Lipinski definition) is 6. The number of halogens is 4. The SMILES string of the molecule is COC.COC.COC.COC.O=C1CCC(NC(=O)c2[c-]ccc(Cl)c2)C(=O)N1.O=C1CCC(NC(=O)c2[c-]cccc2Cl)C(=O)N1.O=C1CCC([N-]C(=O)c2[c-]c(Cl)ccc2)C(=O)N1.O=C1CCC([N-]C(=O)c2[c-]cc(Cl)cc2)C(=O)N1.[W+2].[W+2].[W].[W]. The van der Waals surface area contributed by atoms with E-state index in [0.29, 0.717) is 27.9 Å². The summed E-state index contributed by atoms with van der Waals surface area (Å²) in [5.74, 6) is -5.39. The third-order valence-electron chi connectivity index (χ3n) is 10.1. The molecule has 6 N–H and O–H groups in total. The minimum absolute atomic E-state index is 0. The molecular weight excluding hydrogens is 1920 g/mol. The van der Waals surface area contributed by atoms with E-state index in [0.717, 1.165) is 0 Å². The number of methoxy groups -OCH3 is 4. The molecule has 24 nitrogen and oxygen atoms in total. The van der Waals surface area contributed by atoms with Crippen LogP contribution >= 0.6 is 46.4 Å². The van der Waals surface area contributed by atoms with Crippen LogP contribution in [0.1, 0.15) is 92.8 Å². The fourth-order valence-electron chi connectivity index (χ4n) is 6.43. The molecule has 8 rings (SSSR count). The number of hydrogen-bond acceptors (Lipinski definition) is 16. The fourth-order valence-corrected chi connectivity index (χ4v) is 7.10. The first-order valence-corrected chi connectivity index (χ1v) is 26.2. The van der Waals surface area contributed by atoms with Gasteiger partial charge in [-0.25, -0.2) is 0 Å². The molecular formula is C56H62Cl4N8O16W4-2. The smallest absolute Gasteiger partial charge is 0.684 e. The Balaban J connectivity index is -0.000000496. The minimum atomic E-state index is -0.817.